The number of urea groups is 1. The van der Waals surface area contributed by atoms with Crippen molar-refractivity contribution in [1.82, 2.24) is 15.5 Å². The fraction of sp³-hybridized carbons (Fsp3) is 0.200. The van der Waals surface area contributed by atoms with Crippen LogP contribution < -0.4 is 10.6 Å². The van der Waals surface area contributed by atoms with Crippen molar-refractivity contribution in [3.63, 3.8) is 0 Å². The van der Waals surface area contributed by atoms with E-state index in [9.17, 15) is 9.59 Å². The average Bonchev–Trinajstić information content (AvgIpc) is 3.14. The zero-order chi connectivity index (χ0) is 20.8. The van der Waals surface area contributed by atoms with Gasteiger partial charge in [0.05, 0.1) is 16.1 Å². The van der Waals surface area contributed by atoms with Crippen LogP contribution in [0.25, 0.3) is 11.5 Å². The molecular formula is C20H19ClN4O4. The number of halogens is 1. The van der Waals surface area contributed by atoms with Crippen LogP contribution in [0, 0.1) is 0 Å². The molecule has 0 spiro atoms. The number of rotatable bonds is 6. The molecule has 9 heteroatoms. The largest absolute Gasteiger partial charge is 0.452 e. The lowest BCUT2D eigenvalue weighted by molar-refractivity contribution is 0.0438. The lowest BCUT2D eigenvalue weighted by Crippen LogP contribution is -2.34. The number of amides is 2. The van der Waals surface area contributed by atoms with Crippen molar-refractivity contribution in [2.24, 2.45) is 0 Å². The minimum absolute atomic E-state index is 0.00629. The predicted octanol–water partition coefficient (Wildman–Crippen LogP) is 4.28. The quantitative estimate of drug-likeness (QED) is 0.583. The van der Waals surface area contributed by atoms with E-state index in [4.69, 9.17) is 20.8 Å². The predicted molar refractivity (Wildman–Crippen MR) is 108 cm³/mol. The molecule has 0 saturated heterocycles. The van der Waals surface area contributed by atoms with Gasteiger partial charge in [0.2, 0.25) is 5.89 Å². The molecule has 2 N–H and O–H groups in total. The summed E-state index contributed by atoms with van der Waals surface area (Å²) < 4.78 is 10.7. The van der Waals surface area contributed by atoms with Gasteiger partial charge in [-0.2, -0.15) is 0 Å². The van der Waals surface area contributed by atoms with Gasteiger partial charge in [-0.15, -0.1) is 10.2 Å². The second kappa shape index (κ2) is 9.20. The maximum atomic E-state index is 12.3. The Morgan fingerprint density at radius 3 is 2.69 bits per heavy atom. The summed E-state index contributed by atoms with van der Waals surface area (Å²) in [6.45, 7) is 3.51. The monoisotopic (exact) mass is 414 g/mol. The molecule has 8 nitrogen and oxygen atoms in total. The summed E-state index contributed by atoms with van der Waals surface area (Å²) in [5, 5.41) is 13.6. The molecule has 1 aromatic heterocycles. The number of ether oxygens (including phenoxy) is 1. The summed E-state index contributed by atoms with van der Waals surface area (Å²) in [6, 6.07) is 13.1. The van der Waals surface area contributed by atoms with Gasteiger partial charge < -0.3 is 19.8 Å². The van der Waals surface area contributed by atoms with E-state index in [0.717, 1.165) is 0 Å². The van der Waals surface area contributed by atoms with Gasteiger partial charge in [0.15, 0.2) is 6.61 Å². The van der Waals surface area contributed by atoms with Gasteiger partial charge in [-0.3, -0.25) is 0 Å². The Bertz CT molecular complexity index is 1020. The second-order valence-electron chi connectivity index (χ2n) is 6.39. The highest BCUT2D eigenvalue weighted by atomic mass is 35.5. The van der Waals surface area contributed by atoms with E-state index in [1.807, 2.05) is 13.8 Å². The molecule has 0 aliphatic heterocycles. The third-order valence-corrected chi connectivity index (χ3v) is 4.00. The molecular weight excluding hydrogens is 396 g/mol. The van der Waals surface area contributed by atoms with Gasteiger partial charge in [0.25, 0.3) is 5.89 Å². The molecule has 0 saturated carbocycles. The number of anilines is 1. The van der Waals surface area contributed by atoms with Crippen molar-refractivity contribution < 1.29 is 18.7 Å². The SMILES string of the molecule is CC(C)NC(=O)Nc1cccc(C(=O)OCc2nnc(-c3ccccc3Cl)o2)c1. The summed E-state index contributed by atoms with van der Waals surface area (Å²) in [7, 11) is 0. The first kappa shape index (κ1) is 20.3. The van der Waals surface area contributed by atoms with E-state index < -0.39 is 5.97 Å². The summed E-state index contributed by atoms with van der Waals surface area (Å²) in [5.41, 5.74) is 1.34. The van der Waals surface area contributed by atoms with Gasteiger partial charge in [-0.1, -0.05) is 29.8 Å². The van der Waals surface area contributed by atoms with Gasteiger partial charge in [-0.25, -0.2) is 9.59 Å². The van der Waals surface area contributed by atoms with E-state index in [1.54, 1.807) is 42.5 Å². The summed E-state index contributed by atoms with van der Waals surface area (Å²) in [6.07, 6.45) is 0. The second-order valence-corrected chi connectivity index (χ2v) is 6.80. The molecule has 0 radical (unpaired) electrons. The Hall–Kier alpha value is -3.39. The topological polar surface area (TPSA) is 106 Å². The number of aromatic nitrogens is 2. The van der Waals surface area contributed by atoms with Crippen LogP contribution >= 0.6 is 11.6 Å². The van der Waals surface area contributed by atoms with Crippen molar-refractivity contribution in [2.45, 2.75) is 26.5 Å². The first-order valence-electron chi connectivity index (χ1n) is 8.84. The van der Waals surface area contributed by atoms with E-state index in [-0.39, 0.29) is 36.0 Å². The van der Waals surface area contributed by atoms with Crippen LogP contribution in [0.2, 0.25) is 5.02 Å². The molecule has 3 rings (SSSR count). The van der Waals surface area contributed by atoms with Crippen LogP contribution in [0.3, 0.4) is 0 Å². The minimum Gasteiger partial charge on any atom is -0.452 e. The van der Waals surface area contributed by atoms with E-state index in [2.05, 4.69) is 20.8 Å². The van der Waals surface area contributed by atoms with Gasteiger partial charge >= 0.3 is 12.0 Å². The fourth-order valence-electron chi connectivity index (χ4n) is 2.42. The Morgan fingerprint density at radius 2 is 1.93 bits per heavy atom. The molecule has 0 aliphatic rings. The number of benzene rings is 2. The molecule has 2 amide bonds. The standard InChI is InChI=1S/C20H19ClN4O4/c1-12(2)22-20(27)23-14-7-5-6-13(10-14)19(26)28-11-17-24-25-18(29-17)15-8-3-4-9-16(15)21/h3-10,12H,11H2,1-2H3,(H2,22,23,27). The van der Waals surface area contributed by atoms with Crippen molar-refractivity contribution in [2.75, 3.05) is 5.32 Å². The molecule has 2 aromatic carbocycles. The highest BCUT2D eigenvalue weighted by Gasteiger charge is 2.14. The molecule has 0 bridgehead atoms. The van der Waals surface area contributed by atoms with Crippen LogP contribution in [0.1, 0.15) is 30.1 Å². The molecule has 3 aromatic rings. The lowest BCUT2D eigenvalue weighted by Gasteiger charge is -2.10. The zero-order valence-electron chi connectivity index (χ0n) is 15.8. The molecule has 0 unspecified atom stereocenters. The average molecular weight is 415 g/mol. The van der Waals surface area contributed by atoms with E-state index >= 15 is 0 Å². The Kier molecular flexibility index (Phi) is 6.46. The zero-order valence-corrected chi connectivity index (χ0v) is 16.6. The van der Waals surface area contributed by atoms with Crippen LogP contribution in [0.5, 0.6) is 0 Å². The summed E-state index contributed by atoms with van der Waals surface area (Å²) in [4.78, 5) is 24.1. The third kappa shape index (κ3) is 5.55. The summed E-state index contributed by atoms with van der Waals surface area (Å²) >= 11 is 6.11. The lowest BCUT2D eigenvalue weighted by atomic mass is 10.2. The molecule has 1 heterocycles. The number of carbonyl (C=O) groups excluding carboxylic acids is 2. The smallest absolute Gasteiger partial charge is 0.338 e. The molecule has 150 valence electrons. The molecule has 29 heavy (non-hydrogen) atoms. The number of nitrogens with one attached hydrogen (secondary N) is 2. The first-order valence-corrected chi connectivity index (χ1v) is 9.22. The van der Waals surface area contributed by atoms with E-state index in [1.165, 1.54) is 6.07 Å². The Labute approximate surface area is 172 Å². The molecule has 0 fully saturated rings. The molecule has 0 aliphatic carbocycles. The molecule has 0 atom stereocenters. The highest BCUT2D eigenvalue weighted by Crippen LogP contribution is 2.26. The van der Waals surface area contributed by atoms with Gasteiger partial charge in [-0.05, 0) is 44.2 Å². The maximum absolute atomic E-state index is 12.3. The minimum atomic E-state index is -0.588. The van der Waals surface area contributed by atoms with Crippen molar-refractivity contribution >= 4 is 29.3 Å². The van der Waals surface area contributed by atoms with E-state index in [0.29, 0.717) is 16.3 Å². The number of esters is 1. The van der Waals surface area contributed by atoms with Crippen LogP contribution in [0.15, 0.2) is 52.9 Å². The van der Waals surface area contributed by atoms with Crippen molar-refractivity contribution in [3.05, 3.63) is 65.0 Å². The normalized spacial score (nSPS) is 10.6. The van der Waals surface area contributed by atoms with Crippen LogP contribution in [-0.2, 0) is 11.3 Å². The van der Waals surface area contributed by atoms with Crippen molar-refractivity contribution in [3.8, 4) is 11.5 Å². The van der Waals surface area contributed by atoms with Crippen LogP contribution in [-0.4, -0.2) is 28.2 Å². The highest BCUT2D eigenvalue weighted by molar-refractivity contribution is 6.33. The summed E-state index contributed by atoms with van der Waals surface area (Å²) in [5.74, 6) is -0.210. The Balaban J connectivity index is 1.61. The third-order valence-electron chi connectivity index (χ3n) is 3.67. The number of nitrogens with zero attached hydrogens (tertiary/aromatic N) is 2. The Morgan fingerprint density at radius 1 is 1.14 bits per heavy atom. The number of hydrogen-bond acceptors (Lipinski definition) is 6. The fourth-order valence-corrected chi connectivity index (χ4v) is 2.64. The van der Waals surface area contributed by atoms with Gasteiger partial charge in [0, 0.05) is 11.7 Å². The number of hydrogen-bond donors (Lipinski definition) is 2. The van der Waals surface area contributed by atoms with Crippen molar-refractivity contribution in [1.29, 1.82) is 0 Å². The first-order chi connectivity index (χ1) is 13.9. The van der Waals surface area contributed by atoms with Crippen LogP contribution in [0.4, 0.5) is 10.5 Å². The maximum Gasteiger partial charge on any atom is 0.338 e. The van der Waals surface area contributed by atoms with Gasteiger partial charge in [0.1, 0.15) is 0 Å². The number of carbonyl (C=O) groups is 2.